The summed E-state index contributed by atoms with van der Waals surface area (Å²) in [7, 11) is 1.79. The molecule has 0 saturated carbocycles. The Morgan fingerprint density at radius 2 is 2.35 bits per heavy atom. The molecule has 0 unspecified atom stereocenters. The molecule has 0 bridgehead atoms. The highest BCUT2D eigenvalue weighted by molar-refractivity contribution is 6.10. The summed E-state index contributed by atoms with van der Waals surface area (Å²) in [6, 6.07) is 5.71. The number of carbonyl (C=O) groups excluding carboxylic acids is 1. The van der Waals surface area contributed by atoms with Crippen molar-refractivity contribution in [2.75, 3.05) is 6.61 Å². The molecule has 0 atom stereocenters. The van der Waals surface area contributed by atoms with Crippen LogP contribution in [-0.4, -0.2) is 22.2 Å². The number of rotatable bonds is 2. The minimum absolute atomic E-state index is 0.0307. The summed E-state index contributed by atoms with van der Waals surface area (Å²) in [5.41, 5.74) is 2.34. The number of benzene rings is 1. The maximum Gasteiger partial charge on any atom is 0.199 e. The Kier molecular flexibility index (Phi) is 2.21. The third-order valence-corrected chi connectivity index (χ3v) is 2.93. The Morgan fingerprint density at radius 3 is 3.12 bits per heavy atom. The van der Waals surface area contributed by atoms with Crippen molar-refractivity contribution in [2.24, 2.45) is 7.05 Å². The van der Waals surface area contributed by atoms with Crippen LogP contribution in [0.3, 0.4) is 0 Å². The molecule has 4 nitrogen and oxygen atoms in total. The van der Waals surface area contributed by atoms with Gasteiger partial charge in [-0.05, 0) is 11.6 Å². The van der Waals surface area contributed by atoms with Crippen molar-refractivity contribution in [3.05, 3.63) is 47.3 Å². The van der Waals surface area contributed by atoms with Crippen LogP contribution in [0.5, 0.6) is 5.75 Å². The first-order chi connectivity index (χ1) is 8.25. The van der Waals surface area contributed by atoms with Gasteiger partial charge in [-0.1, -0.05) is 12.1 Å². The number of para-hydroxylation sites is 1. The van der Waals surface area contributed by atoms with Crippen molar-refractivity contribution in [1.29, 1.82) is 0 Å². The molecule has 17 heavy (non-hydrogen) atoms. The van der Waals surface area contributed by atoms with Crippen LogP contribution in [0.1, 0.15) is 21.5 Å². The molecule has 1 aromatic heterocycles. The Labute approximate surface area is 98.8 Å². The van der Waals surface area contributed by atoms with Gasteiger partial charge in [0.05, 0.1) is 23.9 Å². The minimum Gasteiger partial charge on any atom is -0.492 e. The number of aromatic nitrogens is 2. The van der Waals surface area contributed by atoms with Gasteiger partial charge in [0, 0.05) is 19.7 Å². The summed E-state index contributed by atoms with van der Waals surface area (Å²) in [4.78, 5) is 12.3. The number of aryl methyl sites for hydroxylation is 1. The van der Waals surface area contributed by atoms with E-state index in [0.717, 1.165) is 17.7 Å². The second kappa shape index (κ2) is 3.73. The molecule has 0 N–H and O–H groups in total. The molecule has 0 radical (unpaired) electrons. The van der Waals surface area contributed by atoms with Crippen LogP contribution in [0.25, 0.3) is 0 Å². The molecule has 2 heterocycles. The number of ketones is 1. The number of nitrogens with zero attached hydrogens (tertiary/aromatic N) is 2. The lowest BCUT2D eigenvalue weighted by molar-refractivity contribution is 0.103. The number of hydrogen-bond acceptors (Lipinski definition) is 3. The minimum atomic E-state index is -0.0307. The van der Waals surface area contributed by atoms with Crippen LogP contribution in [0.15, 0.2) is 30.6 Å². The molecule has 0 aliphatic carbocycles. The summed E-state index contributed by atoms with van der Waals surface area (Å²) in [6.45, 7) is 0.659. The van der Waals surface area contributed by atoms with Gasteiger partial charge < -0.3 is 4.74 Å². The topological polar surface area (TPSA) is 44.1 Å². The quantitative estimate of drug-likeness (QED) is 0.733. The first kappa shape index (κ1) is 10.1. The third kappa shape index (κ3) is 1.62. The maximum absolute atomic E-state index is 12.3. The van der Waals surface area contributed by atoms with E-state index in [2.05, 4.69) is 5.10 Å². The maximum atomic E-state index is 12.3. The van der Waals surface area contributed by atoms with Crippen LogP contribution < -0.4 is 4.74 Å². The van der Waals surface area contributed by atoms with Crippen molar-refractivity contribution >= 4 is 5.78 Å². The van der Waals surface area contributed by atoms with Crippen LogP contribution in [0.4, 0.5) is 0 Å². The molecular weight excluding hydrogens is 216 g/mol. The second-order valence-electron chi connectivity index (χ2n) is 4.12. The van der Waals surface area contributed by atoms with Gasteiger partial charge in [-0.3, -0.25) is 9.48 Å². The molecular formula is C13H12N2O2. The first-order valence-corrected chi connectivity index (χ1v) is 5.54. The summed E-state index contributed by atoms with van der Waals surface area (Å²) >= 11 is 0. The Morgan fingerprint density at radius 1 is 1.47 bits per heavy atom. The summed E-state index contributed by atoms with van der Waals surface area (Å²) in [5, 5.41) is 4.01. The van der Waals surface area contributed by atoms with Gasteiger partial charge >= 0.3 is 0 Å². The highest BCUT2D eigenvalue weighted by Crippen LogP contribution is 2.30. The zero-order valence-corrected chi connectivity index (χ0v) is 9.51. The SMILES string of the molecule is Cn1cc(C(=O)c2cccc3c2OCC3)cn1. The zero-order valence-electron chi connectivity index (χ0n) is 9.51. The van der Waals surface area contributed by atoms with Gasteiger partial charge in [0.1, 0.15) is 5.75 Å². The van der Waals surface area contributed by atoms with Gasteiger partial charge in [0.2, 0.25) is 0 Å². The van der Waals surface area contributed by atoms with E-state index in [1.807, 2.05) is 12.1 Å². The van der Waals surface area contributed by atoms with Crippen LogP contribution in [0, 0.1) is 0 Å². The predicted octanol–water partition coefficient (Wildman–Crippen LogP) is 1.59. The van der Waals surface area contributed by atoms with Gasteiger partial charge in [-0.2, -0.15) is 5.10 Å². The molecule has 3 rings (SSSR count). The monoisotopic (exact) mass is 228 g/mol. The number of hydrogen-bond donors (Lipinski definition) is 0. The molecule has 2 aromatic rings. The second-order valence-corrected chi connectivity index (χ2v) is 4.12. The predicted molar refractivity (Wildman–Crippen MR) is 62.3 cm³/mol. The summed E-state index contributed by atoms with van der Waals surface area (Å²) < 4.78 is 7.15. The molecule has 1 aliphatic heterocycles. The largest absolute Gasteiger partial charge is 0.492 e. The molecule has 4 heteroatoms. The fraction of sp³-hybridized carbons (Fsp3) is 0.231. The Balaban J connectivity index is 2.05. The summed E-state index contributed by atoms with van der Waals surface area (Å²) in [5.74, 6) is 0.707. The average Bonchev–Trinajstić information content (AvgIpc) is 2.95. The van der Waals surface area contributed by atoms with Gasteiger partial charge in [-0.25, -0.2) is 0 Å². The number of fused-ring (bicyclic) bond motifs is 1. The van der Waals surface area contributed by atoms with E-state index in [1.54, 1.807) is 30.2 Å². The number of ether oxygens (including phenoxy) is 1. The lowest BCUT2D eigenvalue weighted by Gasteiger charge is -2.05. The fourth-order valence-corrected chi connectivity index (χ4v) is 2.09. The molecule has 0 spiro atoms. The van der Waals surface area contributed by atoms with Crippen molar-refractivity contribution in [3.63, 3.8) is 0 Å². The molecule has 1 aromatic carbocycles. The standard InChI is InChI=1S/C13H12N2O2/c1-15-8-10(7-14-15)12(16)11-4-2-3-9-5-6-17-13(9)11/h2-4,7-8H,5-6H2,1H3. The van der Waals surface area contributed by atoms with E-state index >= 15 is 0 Å². The normalized spacial score (nSPS) is 13.2. The van der Waals surface area contributed by atoms with Crippen molar-refractivity contribution in [3.8, 4) is 5.75 Å². The molecule has 0 amide bonds. The van der Waals surface area contributed by atoms with E-state index in [9.17, 15) is 4.79 Å². The van der Waals surface area contributed by atoms with Crippen molar-refractivity contribution in [2.45, 2.75) is 6.42 Å². The molecule has 0 fully saturated rings. The van der Waals surface area contributed by atoms with Gasteiger partial charge in [-0.15, -0.1) is 0 Å². The van der Waals surface area contributed by atoms with E-state index in [0.29, 0.717) is 17.7 Å². The van der Waals surface area contributed by atoms with Gasteiger partial charge in [0.25, 0.3) is 0 Å². The average molecular weight is 228 g/mol. The van der Waals surface area contributed by atoms with E-state index < -0.39 is 0 Å². The highest BCUT2D eigenvalue weighted by Gasteiger charge is 2.21. The summed E-state index contributed by atoms with van der Waals surface area (Å²) in [6.07, 6.45) is 4.18. The molecule has 1 aliphatic rings. The highest BCUT2D eigenvalue weighted by atomic mass is 16.5. The van der Waals surface area contributed by atoms with Crippen LogP contribution in [-0.2, 0) is 13.5 Å². The Bertz CT molecular complexity index is 587. The van der Waals surface area contributed by atoms with Crippen molar-refractivity contribution < 1.29 is 9.53 Å². The van der Waals surface area contributed by atoms with Crippen LogP contribution >= 0.6 is 0 Å². The Hall–Kier alpha value is -2.10. The van der Waals surface area contributed by atoms with E-state index in [-0.39, 0.29) is 5.78 Å². The third-order valence-electron chi connectivity index (χ3n) is 2.93. The smallest absolute Gasteiger partial charge is 0.199 e. The van der Waals surface area contributed by atoms with E-state index in [1.165, 1.54) is 0 Å². The lowest BCUT2D eigenvalue weighted by atomic mass is 10.0. The molecule has 0 saturated heterocycles. The lowest BCUT2D eigenvalue weighted by Crippen LogP contribution is -2.02. The zero-order chi connectivity index (χ0) is 11.8. The van der Waals surface area contributed by atoms with Crippen molar-refractivity contribution in [1.82, 2.24) is 9.78 Å². The first-order valence-electron chi connectivity index (χ1n) is 5.54. The van der Waals surface area contributed by atoms with Crippen LogP contribution in [0.2, 0.25) is 0 Å². The van der Waals surface area contributed by atoms with E-state index in [4.69, 9.17) is 4.74 Å². The van der Waals surface area contributed by atoms with Gasteiger partial charge in [0.15, 0.2) is 5.78 Å². The molecule has 86 valence electrons. The number of carbonyl (C=O) groups is 1. The fourth-order valence-electron chi connectivity index (χ4n) is 2.09.